The lowest BCUT2D eigenvalue weighted by Crippen LogP contribution is -2.35. The van der Waals surface area contributed by atoms with Crippen LogP contribution in [-0.2, 0) is 17.6 Å². The van der Waals surface area contributed by atoms with Gasteiger partial charge in [0.25, 0.3) is 5.91 Å². The van der Waals surface area contributed by atoms with Crippen molar-refractivity contribution in [2.45, 2.75) is 70.3 Å². The fourth-order valence-electron chi connectivity index (χ4n) is 4.72. The van der Waals surface area contributed by atoms with E-state index < -0.39 is 30.1 Å². The van der Waals surface area contributed by atoms with E-state index in [2.05, 4.69) is 31.7 Å². The number of aromatic nitrogens is 2. The van der Waals surface area contributed by atoms with Crippen molar-refractivity contribution in [1.82, 2.24) is 9.78 Å². The van der Waals surface area contributed by atoms with E-state index in [-0.39, 0.29) is 28.5 Å². The Morgan fingerprint density at radius 3 is 2.73 bits per heavy atom. The highest BCUT2D eigenvalue weighted by atomic mass is 79.9. The Hall–Kier alpha value is -2.38. The fourth-order valence-corrected chi connectivity index (χ4v) is 7.33. The standard InChI is InChI=1S/C24H24BrF3N4O3S2/c1-11(2)35-23(34)17-12-6-3-4-7-14(12)37-22(17)30-21(33)19-18(25)20-29-13(15-8-5-9-36-15)10-16(24(26,27)28)32(20)31-19/h5,8-9,11,13,16,29H,3-4,6-7,10H2,1-2H3,(H,30,33)/t13-,16+/m1/s1. The van der Waals surface area contributed by atoms with Crippen molar-refractivity contribution in [2.75, 3.05) is 10.6 Å². The molecule has 4 heterocycles. The zero-order valence-corrected chi connectivity index (χ0v) is 23.2. The van der Waals surface area contributed by atoms with Crippen LogP contribution in [-0.4, -0.2) is 33.9 Å². The summed E-state index contributed by atoms with van der Waals surface area (Å²) in [4.78, 5) is 28.1. The Morgan fingerprint density at radius 2 is 2.05 bits per heavy atom. The summed E-state index contributed by atoms with van der Waals surface area (Å²) >= 11 is 5.98. The lowest BCUT2D eigenvalue weighted by atomic mass is 9.95. The molecule has 2 atom stereocenters. The molecular weight excluding hydrogens is 593 g/mol. The molecule has 0 saturated heterocycles. The van der Waals surface area contributed by atoms with Gasteiger partial charge in [0, 0.05) is 16.2 Å². The van der Waals surface area contributed by atoms with E-state index in [0.717, 1.165) is 39.3 Å². The average molecular weight is 618 g/mol. The number of ether oxygens (including phenoxy) is 1. The maximum Gasteiger partial charge on any atom is 0.410 e. The number of carbonyl (C=O) groups is 2. The molecular formula is C24H24BrF3N4O3S2. The van der Waals surface area contributed by atoms with Gasteiger partial charge in [-0.1, -0.05) is 6.07 Å². The summed E-state index contributed by atoms with van der Waals surface area (Å²) in [6, 6.07) is 1.08. The van der Waals surface area contributed by atoms with Crippen molar-refractivity contribution in [1.29, 1.82) is 0 Å². The quantitative estimate of drug-likeness (QED) is 0.298. The van der Waals surface area contributed by atoms with E-state index >= 15 is 0 Å². The van der Waals surface area contributed by atoms with Crippen LogP contribution in [0.2, 0.25) is 0 Å². The van der Waals surface area contributed by atoms with Gasteiger partial charge >= 0.3 is 12.1 Å². The lowest BCUT2D eigenvalue weighted by molar-refractivity contribution is -0.173. The smallest absolute Gasteiger partial charge is 0.410 e. The van der Waals surface area contributed by atoms with Crippen LogP contribution in [0.5, 0.6) is 0 Å². The molecule has 0 radical (unpaired) electrons. The summed E-state index contributed by atoms with van der Waals surface area (Å²) in [6.45, 7) is 3.49. The number of alkyl halides is 3. The number of thiophene rings is 2. The largest absolute Gasteiger partial charge is 0.459 e. The molecule has 7 nitrogen and oxygen atoms in total. The zero-order valence-electron chi connectivity index (χ0n) is 19.9. The second-order valence-corrected chi connectivity index (χ2v) is 12.2. The third-order valence-corrected chi connectivity index (χ3v) is 9.29. The van der Waals surface area contributed by atoms with Crippen LogP contribution in [0.15, 0.2) is 22.0 Å². The number of nitrogens with zero attached hydrogens (tertiary/aromatic N) is 2. The molecule has 1 aliphatic carbocycles. The third kappa shape index (κ3) is 5.05. The van der Waals surface area contributed by atoms with Crippen molar-refractivity contribution in [3.05, 3.63) is 48.6 Å². The zero-order chi connectivity index (χ0) is 26.5. The maximum absolute atomic E-state index is 14.1. The van der Waals surface area contributed by atoms with E-state index in [1.807, 2.05) is 5.38 Å². The molecule has 0 unspecified atom stereocenters. The van der Waals surface area contributed by atoms with Crippen LogP contribution in [0.4, 0.5) is 24.0 Å². The molecule has 0 saturated carbocycles. The number of fused-ring (bicyclic) bond motifs is 2. The normalized spacial score (nSPS) is 19.2. The molecule has 0 spiro atoms. The lowest BCUT2D eigenvalue weighted by Gasteiger charge is -2.33. The van der Waals surface area contributed by atoms with Crippen LogP contribution >= 0.6 is 38.6 Å². The van der Waals surface area contributed by atoms with Crippen molar-refractivity contribution in [3.8, 4) is 0 Å². The molecule has 2 aliphatic rings. The molecule has 3 aromatic heterocycles. The Morgan fingerprint density at radius 1 is 1.30 bits per heavy atom. The highest BCUT2D eigenvalue weighted by Gasteiger charge is 2.48. The molecule has 0 fully saturated rings. The molecule has 13 heteroatoms. The molecule has 0 aromatic carbocycles. The minimum Gasteiger partial charge on any atom is -0.459 e. The van der Waals surface area contributed by atoms with E-state index in [1.165, 1.54) is 22.7 Å². The molecule has 1 amide bonds. The van der Waals surface area contributed by atoms with Gasteiger partial charge < -0.3 is 15.4 Å². The molecule has 1 aliphatic heterocycles. The minimum atomic E-state index is -4.56. The maximum atomic E-state index is 14.1. The summed E-state index contributed by atoms with van der Waals surface area (Å²) in [6.07, 6.45) is -1.76. The highest BCUT2D eigenvalue weighted by Crippen LogP contribution is 2.47. The summed E-state index contributed by atoms with van der Waals surface area (Å²) in [5, 5.41) is 12.1. The topological polar surface area (TPSA) is 85.2 Å². The molecule has 0 bridgehead atoms. The van der Waals surface area contributed by atoms with Crippen molar-refractivity contribution in [2.24, 2.45) is 0 Å². The van der Waals surface area contributed by atoms with Crippen LogP contribution in [0.25, 0.3) is 0 Å². The van der Waals surface area contributed by atoms with E-state index in [9.17, 15) is 22.8 Å². The Balaban J connectivity index is 1.49. The number of anilines is 2. The van der Waals surface area contributed by atoms with Gasteiger partial charge in [-0.05, 0) is 72.5 Å². The third-order valence-electron chi connectivity index (χ3n) is 6.34. The van der Waals surface area contributed by atoms with Gasteiger partial charge in [0.2, 0.25) is 0 Å². The first-order valence-corrected chi connectivity index (χ1v) is 14.3. The molecule has 3 aromatic rings. The number of amides is 1. The Kier molecular flexibility index (Phi) is 7.14. The summed E-state index contributed by atoms with van der Waals surface area (Å²) < 4.78 is 48.5. The summed E-state index contributed by atoms with van der Waals surface area (Å²) in [5.74, 6) is -1.14. The van der Waals surface area contributed by atoms with E-state index in [0.29, 0.717) is 17.0 Å². The number of hydrogen-bond donors (Lipinski definition) is 2. The number of rotatable bonds is 5. The van der Waals surface area contributed by atoms with Crippen molar-refractivity contribution >= 4 is 61.3 Å². The number of hydrogen-bond acceptors (Lipinski definition) is 7. The number of esters is 1. The van der Waals surface area contributed by atoms with E-state index in [4.69, 9.17) is 4.74 Å². The van der Waals surface area contributed by atoms with Gasteiger partial charge in [-0.15, -0.1) is 22.7 Å². The van der Waals surface area contributed by atoms with Crippen molar-refractivity contribution in [3.63, 3.8) is 0 Å². The molecule has 37 heavy (non-hydrogen) atoms. The van der Waals surface area contributed by atoms with Gasteiger partial charge in [0.05, 0.1) is 22.2 Å². The van der Waals surface area contributed by atoms with Gasteiger partial charge in [0.15, 0.2) is 11.7 Å². The predicted octanol–water partition coefficient (Wildman–Crippen LogP) is 7.13. The fraction of sp³-hybridized carbons (Fsp3) is 0.458. The molecule has 2 N–H and O–H groups in total. The second kappa shape index (κ2) is 10.1. The molecule has 198 valence electrons. The summed E-state index contributed by atoms with van der Waals surface area (Å²) in [7, 11) is 0. The first-order valence-electron chi connectivity index (χ1n) is 11.9. The minimum absolute atomic E-state index is 0.0852. The molecule has 5 rings (SSSR count). The van der Waals surface area contributed by atoms with Crippen LogP contribution in [0, 0.1) is 0 Å². The van der Waals surface area contributed by atoms with Gasteiger partial charge in [0.1, 0.15) is 10.8 Å². The SMILES string of the molecule is CC(C)OC(=O)c1c(NC(=O)c2nn3c(c2Br)N[C@@H](c2cccs2)C[C@H]3C(F)(F)F)sc2c1CCCC2. The highest BCUT2D eigenvalue weighted by molar-refractivity contribution is 9.10. The van der Waals surface area contributed by atoms with Crippen LogP contribution in [0.3, 0.4) is 0 Å². The summed E-state index contributed by atoms with van der Waals surface area (Å²) in [5.41, 5.74) is 1.00. The predicted molar refractivity (Wildman–Crippen MR) is 140 cm³/mol. The van der Waals surface area contributed by atoms with Crippen LogP contribution in [0.1, 0.15) is 81.4 Å². The van der Waals surface area contributed by atoms with Gasteiger partial charge in [-0.25, -0.2) is 9.48 Å². The van der Waals surface area contributed by atoms with E-state index in [1.54, 1.807) is 26.0 Å². The Labute approximate surface area is 227 Å². The van der Waals surface area contributed by atoms with Crippen LogP contribution < -0.4 is 10.6 Å². The number of carbonyl (C=O) groups excluding carboxylic acids is 2. The number of halogens is 4. The van der Waals surface area contributed by atoms with Gasteiger partial charge in [-0.3, -0.25) is 4.79 Å². The number of aryl methyl sites for hydroxylation is 1. The monoisotopic (exact) mass is 616 g/mol. The van der Waals surface area contributed by atoms with Gasteiger partial charge in [-0.2, -0.15) is 18.3 Å². The van der Waals surface area contributed by atoms with Crippen molar-refractivity contribution < 1.29 is 27.5 Å². The first kappa shape index (κ1) is 26.2. The average Bonchev–Trinajstić information content (AvgIpc) is 3.55. The Bertz CT molecular complexity index is 1330. The number of nitrogens with one attached hydrogen (secondary N) is 2. The first-order chi connectivity index (χ1) is 17.5. The second-order valence-electron chi connectivity index (χ2n) is 9.28.